The van der Waals surface area contributed by atoms with Gasteiger partial charge in [-0.15, -0.1) is 0 Å². The van der Waals surface area contributed by atoms with Crippen molar-refractivity contribution >= 4 is 5.96 Å². The molecule has 1 atom stereocenters. The van der Waals surface area contributed by atoms with Gasteiger partial charge in [0.15, 0.2) is 5.96 Å². The highest BCUT2D eigenvalue weighted by molar-refractivity contribution is 5.81. The first kappa shape index (κ1) is 16.3. The first-order chi connectivity index (χ1) is 12.6. The Labute approximate surface area is 151 Å². The Bertz CT molecular complexity index is 956. The third kappa shape index (κ3) is 2.62. The van der Waals surface area contributed by atoms with E-state index in [0.717, 1.165) is 16.7 Å². The third-order valence-corrected chi connectivity index (χ3v) is 4.83. The molecular formula is C21H19FN4. The molecular weight excluding hydrogens is 327 g/mol. The summed E-state index contributed by atoms with van der Waals surface area (Å²) in [5, 5.41) is 0. The summed E-state index contributed by atoms with van der Waals surface area (Å²) in [5.74, 6) is 0.189. The summed E-state index contributed by atoms with van der Waals surface area (Å²) in [4.78, 5) is 10.8. The normalized spacial score (nSPS) is 19.5. The number of guanidine groups is 1. The Morgan fingerprint density at radius 2 is 1.85 bits per heavy atom. The van der Waals surface area contributed by atoms with Gasteiger partial charge in [-0.2, -0.15) is 0 Å². The number of nitrogens with zero attached hydrogens (tertiary/aromatic N) is 3. The quantitative estimate of drug-likeness (QED) is 0.791. The van der Waals surface area contributed by atoms with Crippen molar-refractivity contribution in [3.8, 4) is 11.1 Å². The average Bonchev–Trinajstić information content (AvgIpc) is 2.99. The molecule has 0 bridgehead atoms. The molecule has 1 aromatic heterocycles. The van der Waals surface area contributed by atoms with E-state index < -0.39 is 5.54 Å². The molecule has 0 fully saturated rings. The van der Waals surface area contributed by atoms with Crippen molar-refractivity contribution in [3.63, 3.8) is 0 Å². The average molecular weight is 346 g/mol. The van der Waals surface area contributed by atoms with Crippen LogP contribution in [-0.2, 0) is 5.54 Å². The maximum absolute atomic E-state index is 14.5. The number of hydrogen-bond donors (Lipinski definition) is 1. The summed E-state index contributed by atoms with van der Waals surface area (Å²) in [7, 11) is 1.91. The zero-order valence-electron chi connectivity index (χ0n) is 14.4. The van der Waals surface area contributed by atoms with Crippen molar-refractivity contribution in [1.82, 2.24) is 9.88 Å². The van der Waals surface area contributed by atoms with Crippen LogP contribution in [0.15, 0.2) is 78.0 Å². The second kappa shape index (κ2) is 6.26. The molecule has 1 aliphatic heterocycles. The topological polar surface area (TPSA) is 54.5 Å². The predicted molar refractivity (Wildman–Crippen MR) is 101 cm³/mol. The zero-order valence-corrected chi connectivity index (χ0v) is 14.4. The smallest absolute Gasteiger partial charge is 0.192 e. The van der Waals surface area contributed by atoms with Gasteiger partial charge in [-0.1, -0.05) is 42.5 Å². The van der Waals surface area contributed by atoms with Crippen molar-refractivity contribution < 1.29 is 4.39 Å². The fourth-order valence-electron chi connectivity index (χ4n) is 3.46. The van der Waals surface area contributed by atoms with Crippen molar-refractivity contribution in [3.05, 3.63) is 90.0 Å². The molecule has 0 saturated heterocycles. The molecule has 2 heterocycles. The molecule has 1 aliphatic rings. The van der Waals surface area contributed by atoms with Gasteiger partial charge in [0.05, 0.1) is 6.54 Å². The van der Waals surface area contributed by atoms with E-state index in [1.165, 1.54) is 6.07 Å². The van der Waals surface area contributed by atoms with Gasteiger partial charge in [-0.05, 0) is 29.3 Å². The van der Waals surface area contributed by atoms with Crippen LogP contribution in [-0.4, -0.2) is 29.4 Å². The van der Waals surface area contributed by atoms with Gasteiger partial charge in [0.1, 0.15) is 11.4 Å². The van der Waals surface area contributed by atoms with E-state index in [9.17, 15) is 4.39 Å². The zero-order chi connectivity index (χ0) is 18.1. The van der Waals surface area contributed by atoms with Gasteiger partial charge in [0, 0.05) is 30.6 Å². The predicted octanol–water partition coefficient (Wildman–Crippen LogP) is 3.39. The summed E-state index contributed by atoms with van der Waals surface area (Å²) in [6.45, 7) is 0.598. The highest BCUT2D eigenvalue weighted by atomic mass is 19.1. The number of halogens is 1. The number of aliphatic imine (C=N–C) groups is 1. The molecule has 0 radical (unpaired) electrons. The van der Waals surface area contributed by atoms with Gasteiger partial charge in [-0.3, -0.25) is 4.98 Å². The van der Waals surface area contributed by atoms with Gasteiger partial charge >= 0.3 is 0 Å². The van der Waals surface area contributed by atoms with Crippen LogP contribution in [0.25, 0.3) is 11.1 Å². The molecule has 5 heteroatoms. The van der Waals surface area contributed by atoms with E-state index >= 15 is 0 Å². The molecule has 4 rings (SSSR count). The molecule has 0 aliphatic carbocycles. The van der Waals surface area contributed by atoms with Crippen molar-refractivity contribution in [2.24, 2.45) is 10.7 Å². The largest absolute Gasteiger partial charge is 0.370 e. The molecule has 1 unspecified atom stereocenters. The first-order valence-electron chi connectivity index (χ1n) is 8.42. The first-order valence-corrected chi connectivity index (χ1v) is 8.42. The van der Waals surface area contributed by atoms with E-state index in [2.05, 4.69) is 4.98 Å². The summed E-state index contributed by atoms with van der Waals surface area (Å²) >= 11 is 0. The van der Waals surface area contributed by atoms with Crippen LogP contribution in [0.2, 0.25) is 0 Å². The van der Waals surface area contributed by atoms with Crippen LogP contribution in [0, 0.1) is 5.82 Å². The number of aromatic nitrogens is 1. The third-order valence-electron chi connectivity index (χ3n) is 4.83. The lowest BCUT2D eigenvalue weighted by atomic mass is 9.82. The highest BCUT2D eigenvalue weighted by Crippen LogP contribution is 2.39. The molecule has 0 spiro atoms. The SMILES string of the molecule is CN1CC(c2ccccc2)(c2ccc(F)c(-c3cccnc3)c2)N=C1N. The molecule has 2 N–H and O–H groups in total. The van der Waals surface area contributed by atoms with Crippen molar-refractivity contribution in [2.45, 2.75) is 5.54 Å². The minimum absolute atomic E-state index is 0.284. The molecule has 130 valence electrons. The van der Waals surface area contributed by atoms with Gasteiger partial charge < -0.3 is 10.6 Å². The molecule has 0 amide bonds. The second-order valence-electron chi connectivity index (χ2n) is 6.49. The molecule has 4 nitrogen and oxygen atoms in total. The van der Waals surface area contributed by atoms with Crippen LogP contribution in [0.5, 0.6) is 0 Å². The van der Waals surface area contributed by atoms with Gasteiger partial charge in [-0.25, -0.2) is 9.38 Å². The maximum Gasteiger partial charge on any atom is 0.192 e. The van der Waals surface area contributed by atoms with Crippen LogP contribution >= 0.6 is 0 Å². The van der Waals surface area contributed by atoms with E-state index in [1.54, 1.807) is 24.5 Å². The summed E-state index contributed by atoms with van der Waals surface area (Å²) in [5.41, 5.74) is 8.60. The van der Waals surface area contributed by atoms with Crippen LogP contribution in [0.3, 0.4) is 0 Å². The monoisotopic (exact) mass is 346 g/mol. The molecule has 26 heavy (non-hydrogen) atoms. The molecule has 2 aromatic carbocycles. The lowest BCUT2D eigenvalue weighted by molar-refractivity contribution is 0.432. The second-order valence-corrected chi connectivity index (χ2v) is 6.49. The summed E-state index contributed by atoms with van der Waals surface area (Å²) in [6, 6.07) is 18.8. The standard InChI is InChI=1S/C21H19FN4/c1-26-14-21(25-20(26)23,16-7-3-2-4-8-16)17-9-10-19(22)18(12-17)15-6-5-11-24-13-15/h2-13H,14H2,1H3,(H2,23,25). The minimum atomic E-state index is -0.662. The lowest BCUT2D eigenvalue weighted by Gasteiger charge is -2.28. The van der Waals surface area contributed by atoms with E-state index in [0.29, 0.717) is 18.1 Å². The van der Waals surface area contributed by atoms with Crippen LogP contribution in [0.1, 0.15) is 11.1 Å². The van der Waals surface area contributed by atoms with E-state index in [-0.39, 0.29) is 5.82 Å². The number of benzene rings is 2. The Morgan fingerprint density at radius 3 is 2.50 bits per heavy atom. The summed E-state index contributed by atoms with van der Waals surface area (Å²) in [6.07, 6.45) is 3.34. The number of likely N-dealkylation sites (N-methyl/N-ethyl adjacent to an activating group) is 1. The molecule has 0 saturated carbocycles. The number of nitrogens with two attached hydrogens (primary N) is 1. The van der Waals surface area contributed by atoms with Gasteiger partial charge in [0.2, 0.25) is 0 Å². The maximum atomic E-state index is 14.5. The summed E-state index contributed by atoms with van der Waals surface area (Å²) < 4.78 is 14.5. The molecule has 3 aromatic rings. The van der Waals surface area contributed by atoms with Gasteiger partial charge in [0.25, 0.3) is 0 Å². The lowest BCUT2D eigenvalue weighted by Crippen LogP contribution is -2.34. The van der Waals surface area contributed by atoms with E-state index in [1.807, 2.05) is 54.4 Å². The van der Waals surface area contributed by atoms with Crippen LogP contribution in [0.4, 0.5) is 4.39 Å². The minimum Gasteiger partial charge on any atom is -0.370 e. The number of rotatable bonds is 3. The van der Waals surface area contributed by atoms with Crippen molar-refractivity contribution in [2.75, 3.05) is 13.6 Å². The van der Waals surface area contributed by atoms with Crippen molar-refractivity contribution in [1.29, 1.82) is 0 Å². The Hall–Kier alpha value is -3.21. The highest BCUT2D eigenvalue weighted by Gasteiger charge is 2.41. The fraction of sp³-hybridized carbons (Fsp3) is 0.143. The van der Waals surface area contributed by atoms with Crippen LogP contribution < -0.4 is 5.73 Å². The van der Waals surface area contributed by atoms with E-state index in [4.69, 9.17) is 10.7 Å². The fourth-order valence-corrected chi connectivity index (χ4v) is 3.46. The Morgan fingerprint density at radius 1 is 1.04 bits per heavy atom. The number of hydrogen-bond acceptors (Lipinski definition) is 4. The Balaban J connectivity index is 1.91. The number of pyridine rings is 1. The Kier molecular flexibility index (Phi) is 3.92.